The van der Waals surface area contributed by atoms with Gasteiger partial charge in [-0.3, -0.25) is 4.21 Å². The van der Waals surface area contributed by atoms with Crippen molar-refractivity contribution in [2.75, 3.05) is 24.7 Å². The molecule has 1 unspecified atom stereocenters. The maximum Gasteiger partial charge on any atom is 0.0620 e. The Hall–Kier alpha value is -0.870. The SMILES string of the molecule is Cc1ccc(N)c(S(=O)CCOCC(C)C)c1. The Morgan fingerprint density at radius 2 is 2.12 bits per heavy atom. The Kier molecular flexibility index (Phi) is 5.65. The normalized spacial score (nSPS) is 12.9. The van der Waals surface area contributed by atoms with Gasteiger partial charge in [-0.25, -0.2) is 0 Å². The van der Waals surface area contributed by atoms with E-state index in [2.05, 4.69) is 13.8 Å². The van der Waals surface area contributed by atoms with Crippen molar-refractivity contribution in [2.45, 2.75) is 25.7 Å². The molecule has 0 aromatic heterocycles. The second-order valence-corrected chi connectivity index (χ2v) is 6.10. The van der Waals surface area contributed by atoms with Gasteiger partial charge in [-0.2, -0.15) is 0 Å². The van der Waals surface area contributed by atoms with Gasteiger partial charge >= 0.3 is 0 Å². The number of rotatable bonds is 6. The first-order valence-corrected chi connectivity index (χ1v) is 7.15. The van der Waals surface area contributed by atoms with Crippen molar-refractivity contribution < 1.29 is 8.95 Å². The van der Waals surface area contributed by atoms with Crippen molar-refractivity contribution >= 4 is 16.5 Å². The van der Waals surface area contributed by atoms with Gasteiger partial charge in [-0.15, -0.1) is 0 Å². The molecule has 0 aliphatic carbocycles. The van der Waals surface area contributed by atoms with E-state index in [-0.39, 0.29) is 0 Å². The zero-order valence-electron chi connectivity index (χ0n) is 10.7. The van der Waals surface area contributed by atoms with Gasteiger partial charge in [0.1, 0.15) is 0 Å². The number of hydrogen-bond donors (Lipinski definition) is 1. The van der Waals surface area contributed by atoms with E-state index in [9.17, 15) is 4.21 Å². The predicted octanol–water partition coefficient (Wildman–Crippen LogP) is 2.36. The van der Waals surface area contributed by atoms with Crippen molar-refractivity contribution in [1.29, 1.82) is 0 Å². The van der Waals surface area contributed by atoms with Gasteiger partial charge in [0.05, 0.1) is 28.1 Å². The minimum atomic E-state index is -1.07. The van der Waals surface area contributed by atoms with Crippen LogP contribution >= 0.6 is 0 Å². The molecule has 3 nitrogen and oxygen atoms in total. The fourth-order valence-corrected chi connectivity index (χ4v) is 2.54. The smallest absolute Gasteiger partial charge is 0.0620 e. The van der Waals surface area contributed by atoms with Gasteiger partial charge in [-0.05, 0) is 30.5 Å². The van der Waals surface area contributed by atoms with Crippen molar-refractivity contribution in [3.63, 3.8) is 0 Å². The summed E-state index contributed by atoms with van der Waals surface area (Å²) in [5.74, 6) is 1.01. The molecule has 17 heavy (non-hydrogen) atoms. The van der Waals surface area contributed by atoms with E-state index in [1.807, 2.05) is 19.1 Å². The average Bonchev–Trinajstić information content (AvgIpc) is 2.27. The lowest BCUT2D eigenvalue weighted by Crippen LogP contribution is -2.11. The van der Waals surface area contributed by atoms with Crippen LogP contribution in [-0.4, -0.2) is 23.2 Å². The lowest BCUT2D eigenvalue weighted by Gasteiger charge is -2.08. The Balaban J connectivity index is 2.49. The van der Waals surface area contributed by atoms with Gasteiger partial charge in [0, 0.05) is 12.3 Å². The van der Waals surface area contributed by atoms with Crippen LogP contribution < -0.4 is 5.73 Å². The zero-order chi connectivity index (χ0) is 12.8. The lowest BCUT2D eigenvalue weighted by molar-refractivity contribution is 0.123. The topological polar surface area (TPSA) is 52.3 Å². The molecule has 0 amide bonds. The monoisotopic (exact) mass is 255 g/mol. The maximum absolute atomic E-state index is 12.0. The standard InChI is InChI=1S/C13H21NO2S/c1-10(2)9-16-6-7-17(15)13-8-11(3)4-5-12(13)14/h4-5,8,10H,6-7,9,14H2,1-3H3. The average molecular weight is 255 g/mol. The van der Waals surface area contributed by atoms with E-state index >= 15 is 0 Å². The predicted molar refractivity (Wildman–Crippen MR) is 72.5 cm³/mol. The highest BCUT2D eigenvalue weighted by Crippen LogP contribution is 2.18. The van der Waals surface area contributed by atoms with Crippen LogP contribution in [0.25, 0.3) is 0 Å². The molecule has 0 fully saturated rings. The highest BCUT2D eigenvalue weighted by molar-refractivity contribution is 7.85. The third-order valence-electron chi connectivity index (χ3n) is 2.28. The number of aryl methyl sites for hydroxylation is 1. The van der Waals surface area contributed by atoms with Crippen LogP contribution in [0.1, 0.15) is 19.4 Å². The van der Waals surface area contributed by atoms with Crippen LogP contribution in [0.2, 0.25) is 0 Å². The summed E-state index contributed by atoms with van der Waals surface area (Å²) in [5.41, 5.74) is 7.48. The fraction of sp³-hybridized carbons (Fsp3) is 0.538. The van der Waals surface area contributed by atoms with Gasteiger partial charge in [0.2, 0.25) is 0 Å². The molecule has 0 saturated carbocycles. The Bertz CT molecular complexity index is 391. The first kappa shape index (κ1) is 14.2. The maximum atomic E-state index is 12.0. The molecule has 4 heteroatoms. The molecule has 1 aromatic rings. The van der Waals surface area contributed by atoms with Gasteiger partial charge in [-0.1, -0.05) is 19.9 Å². The van der Waals surface area contributed by atoms with Crippen LogP contribution in [0.15, 0.2) is 23.1 Å². The summed E-state index contributed by atoms with van der Waals surface area (Å²) in [6.45, 7) is 7.37. The summed E-state index contributed by atoms with van der Waals surface area (Å²) in [6, 6.07) is 5.61. The van der Waals surface area contributed by atoms with Gasteiger partial charge in [0.25, 0.3) is 0 Å². The number of benzene rings is 1. The van der Waals surface area contributed by atoms with Crippen LogP contribution in [-0.2, 0) is 15.5 Å². The summed E-state index contributed by atoms with van der Waals surface area (Å²) in [6.07, 6.45) is 0. The van der Waals surface area contributed by atoms with Crippen LogP contribution in [0, 0.1) is 12.8 Å². The molecule has 0 heterocycles. The molecule has 0 saturated heterocycles. The highest BCUT2D eigenvalue weighted by Gasteiger charge is 2.08. The second-order valence-electron chi connectivity index (χ2n) is 4.56. The number of ether oxygens (including phenoxy) is 1. The molecule has 96 valence electrons. The molecule has 2 N–H and O–H groups in total. The highest BCUT2D eigenvalue weighted by atomic mass is 32.2. The molecule has 1 atom stereocenters. The Morgan fingerprint density at radius 3 is 2.76 bits per heavy atom. The third-order valence-corrected chi connectivity index (χ3v) is 3.66. The molecule has 0 radical (unpaired) electrons. The number of anilines is 1. The summed E-state index contributed by atoms with van der Waals surface area (Å²) >= 11 is 0. The molecule has 0 bridgehead atoms. The minimum Gasteiger partial charge on any atom is -0.398 e. The molecular formula is C13H21NO2S. The second kappa shape index (κ2) is 6.77. The van der Waals surface area contributed by atoms with Crippen molar-refractivity contribution in [2.24, 2.45) is 5.92 Å². The summed E-state index contributed by atoms with van der Waals surface area (Å²) in [7, 11) is -1.07. The van der Waals surface area contributed by atoms with Crippen molar-refractivity contribution in [3.05, 3.63) is 23.8 Å². The Labute approximate surface area is 106 Å². The largest absolute Gasteiger partial charge is 0.398 e. The van der Waals surface area contributed by atoms with E-state index in [0.29, 0.717) is 30.6 Å². The van der Waals surface area contributed by atoms with Crippen LogP contribution in [0.4, 0.5) is 5.69 Å². The third kappa shape index (κ3) is 4.88. The van der Waals surface area contributed by atoms with Gasteiger partial charge in [0.15, 0.2) is 0 Å². The zero-order valence-corrected chi connectivity index (χ0v) is 11.5. The summed E-state index contributed by atoms with van der Waals surface area (Å²) < 4.78 is 17.4. The first-order chi connectivity index (χ1) is 8.00. The summed E-state index contributed by atoms with van der Waals surface area (Å²) in [5, 5.41) is 0. The number of hydrogen-bond acceptors (Lipinski definition) is 3. The van der Waals surface area contributed by atoms with Crippen LogP contribution in [0.5, 0.6) is 0 Å². The van der Waals surface area contributed by atoms with Crippen LogP contribution in [0.3, 0.4) is 0 Å². The van der Waals surface area contributed by atoms with E-state index in [1.165, 1.54) is 0 Å². The van der Waals surface area contributed by atoms with E-state index in [1.54, 1.807) is 6.07 Å². The molecular weight excluding hydrogens is 234 g/mol. The molecule has 0 spiro atoms. The number of nitrogen functional groups attached to an aromatic ring is 1. The Morgan fingerprint density at radius 1 is 1.41 bits per heavy atom. The van der Waals surface area contributed by atoms with E-state index in [0.717, 1.165) is 10.5 Å². The summed E-state index contributed by atoms with van der Waals surface area (Å²) in [4.78, 5) is 0.721. The molecule has 0 aliphatic rings. The quantitative estimate of drug-likeness (QED) is 0.627. The fourth-order valence-electron chi connectivity index (χ4n) is 1.40. The molecule has 1 rings (SSSR count). The lowest BCUT2D eigenvalue weighted by atomic mass is 10.2. The van der Waals surface area contributed by atoms with Crippen molar-refractivity contribution in [3.8, 4) is 0 Å². The minimum absolute atomic E-state index is 0.500. The van der Waals surface area contributed by atoms with Crippen molar-refractivity contribution in [1.82, 2.24) is 0 Å². The first-order valence-electron chi connectivity index (χ1n) is 5.83. The molecule has 0 aliphatic heterocycles. The van der Waals surface area contributed by atoms with E-state index in [4.69, 9.17) is 10.5 Å². The number of nitrogens with two attached hydrogens (primary N) is 1. The molecule has 1 aromatic carbocycles. The van der Waals surface area contributed by atoms with Gasteiger partial charge < -0.3 is 10.5 Å². The van der Waals surface area contributed by atoms with E-state index < -0.39 is 10.8 Å².